The van der Waals surface area contributed by atoms with Crippen LogP contribution in [0.25, 0.3) is 0 Å². The fourth-order valence-electron chi connectivity index (χ4n) is 2.93. The first-order valence-corrected chi connectivity index (χ1v) is 11.9. The van der Waals surface area contributed by atoms with E-state index in [4.69, 9.17) is 19.3 Å². The maximum absolute atomic E-state index is 15.7. The molecule has 0 aliphatic carbocycles. The van der Waals surface area contributed by atoms with Crippen LogP contribution in [-0.2, 0) is 29.7 Å². The standard InChI is InChI=1S/C14H22FN2O9PS/c1-9(2)26-12-10(4-6-28(23,24)8-27(20,21)22)25-7-14(12,15)17-5-3-11(18)16-13(17)19/h3,5,9-10,12H,4,6-8H2,1-2H3,(H,16,18,19)(H2,20,21,22)/t10?,12-,14+/m1/s1. The summed E-state index contributed by atoms with van der Waals surface area (Å²) in [5, 5.41) is 0. The molecule has 0 spiro atoms. The van der Waals surface area contributed by atoms with E-state index in [0.29, 0.717) is 4.57 Å². The number of aromatic nitrogens is 2. The predicted octanol–water partition coefficient (Wildman–Crippen LogP) is -0.709. The number of hydrogen-bond donors (Lipinski definition) is 3. The summed E-state index contributed by atoms with van der Waals surface area (Å²) in [6.45, 7) is 2.57. The maximum Gasteiger partial charge on any atom is 0.340 e. The quantitative estimate of drug-likeness (QED) is 0.439. The Labute approximate surface area is 159 Å². The molecule has 1 aromatic heterocycles. The van der Waals surface area contributed by atoms with Crippen LogP contribution in [0.3, 0.4) is 0 Å². The number of halogens is 1. The smallest absolute Gasteiger partial charge is 0.340 e. The van der Waals surface area contributed by atoms with Gasteiger partial charge in [0.2, 0.25) is 5.79 Å². The average Bonchev–Trinajstić information content (AvgIpc) is 2.80. The van der Waals surface area contributed by atoms with E-state index in [2.05, 4.69) is 0 Å². The highest BCUT2D eigenvalue weighted by Crippen LogP contribution is 2.39. The van der Waals surface area contributed by atoms with E-state index < -0.39 is 70.6 Å². The average molecular weight is 444 g/mol. The van der Waals surface area contributed by atoms with Crippen molar-refractivity contribution in [3.05, 3.63) is 33.1 Å². The largest absolute Gasteiger partial charge is 0.370 e. The molecule has 3 atom stereocenters. The fourth-order valence-corrected chi connectivity index (χ4v) is 6.09. The second-order valence-electron chi connectivity index (χ2n) is 6.78. The second kappa shape index (κ2) is 8.17. The van der Waals surface area contributed by atoms with Crippen LogP contribution < -0.4 is 11.2 Å². The molecule has 3 N–H and O–H groups in total. The molecule has 1 aliphatic rings. The van der Waals surface area contributed by atoms with Crippen LogP contribution in [0.15, 0.2) is 21.9 Å². The first-order chi connectivity index (χ1) is 12.7. The van der Waals surface area contributed by atoms with Crippen molar-refractivity contribution in [3.63, 3.8) is 0 Å². The van der Waals surface area contributed by atoms with Gasteiger partial charge in [-0.1, -0.05) is 0 Å². The molecule has 0 bridgehead atoms. The number of aromatic amines is 1. The van der Waals surface area contributed by atoms with Crippen LogP contribution in [0.4, 0.5) is 4.39 Å². The third kappa shape index (κ3) is 5.58. The van der Waals surface area contributed by atoms with Gasteiger partial charge in [-0.2, -0.15) is 0 Å². The lowest BCUT2D eigenvalue weighted by Crippen LogP contribution is -2.51. The lowest BCUT2D eigenvalue weighted by atomic mass is 10.0. The van der Waals surface area contributed by atoms with Crippen LogP contribution >= 0.6 is 7.60 Å². The fraction of sp³-hybridized carbons (Fsp3) is 0.714. The molecule has 2 rings (SSSR count). The van der Waals surface area contributed by atoms with Gasteiger partial charge in [-0.25, -0.2) is 17.6 Å². The van der Waals surface area contributed by atoms with E-state index in [1.54, 1.807) is 13.8 Å². The number of nitrogens with one attached hydrogen (secondary N) is 1. The number of rotatable bonds is 8. The van der Waals surface area contributed by atoms with E-state index in [-0.39, 0.29) is 6.42 Å². The molecule has 11 nitrogen and oxygen atoms in total. The molecule has 1 aromatic rings. The third-order valence-corrected chi connectivity index (χ3v) is 7.77. The van der Waals surface area contributed by atoms with Gasteiger partial charge < -0.3 is 19.3 Å². The molecule has 0 amide bonds. The highest BCUT2D eigenvalue weighted by molar-refractivity contribution is 7.97. The molecule has 1 saturated heterocycles. The minimum absolute atomic E-state index is 0.302. The van der Waals surface area contributed by atoms with Gasteiger partial charge in [0.05, 0.1) is 18.0 Å². The van der Waals surface area contributed by atoms with Crippen molar-refractivity contribution in [2.45, 2.75) is 44.4 Å². The summed E-state index contributed by atoms with van der Waals surface area (Å²) in [6, 6.07) is 0.951. The molecule has 14 heteroatoms. The molecule has 1 unspecified atom stereocenters. The van der Waals surface area contributed by atoms with Gasteiger partial charge in [-0.15, -0.1) is 0 Å². The van der Waals surface area contributed by atoms with Gasteiger partial charge in [0.25, 0.3) is 5.56 Å². The Morgan fingerprint density at radius 1 is 1.46 bits per heavy atom. The van der Waals surface area contributed by atoms with Gasteiger partial charge in [-0.05, 0) is 20.3 Å². The van der Waals surface area contributed by atoms with E-state index in [1.165, 1.54) is 0 Å². The Balaban J connectivity index is 2.28. The van der Waals surface area contributed by atoms with Crippen LogP contribution in [0.1, 0.15) is 20.3 Å². The van der Waals surface area contributed by atoms with E-state index >= 15 is 4.39 Å². The van der Waals surface area contributed by atoms with E-state index in [9.17, 15) is 22.6 Å². The monoisotopic (exact) mass is 444 g/mol. The van der Waals surface area contributed by atoms with Crippen molar-refractivity contribution < 1.29 is 36.6 Å². The van der Waals surface area contributed by atoms with Crippen LogP contribution in [-0.4, -0.2) is 63.9 Å². The zero-order valence-corrected chi connectivity index (χ0v) is 16.9. The molecular formula is C14H22FN2O9PS. The van der Waals surface area contributed by atoms with Crippen molar-refractivity contribution in [3.8, 4) is 0 Å². The van der Waals surface area contributed by atoms with Crippen LogP contribution in [0.2, 0.25) is 0 Å². The lowest BCUT2D eigenvalue weighted by Gasteiger charge is -2.31. The van der Waals surface area contributed by atoms with Crippen LogP contribution in [0, 0.1) is 0 Å². The zero-order valence-electron chi connectivity index (χ0n) is 15.1. The van der Waals surface area contributed by atoms with Gasteiger partial charge in [0.15, 0.2) is 15.3 Å². The first-order valence-electron chi connectivity index (χ1n) is 8.27. The summed E-state index contributed by atoms with van der Waals surface area (Å²) in [6.07, 6.45) is -2.34. The Hall–Kier alpha value is -1.37. The van der Waals surface area contributed by atoms with Crippen LogP contribution in [0.5, 0.6) is 0 Å². The number of nitrogens with zero attached hydrogens (tertiary/aromatic N) is 1. The van der Waals surface area contributed by atoms with E-state index in [0.717, 1.165) is 12.3 Å². The summed E-state index contributed by atoms with van der Waals surface area (Å²) in [5.41, 5.74) is -3.07. The highest BCUT2D eigenvalue weighted by Gasteiger charge is 2.54. The topological polar surface area (TPSA) is 165 Å². The summed E-state index contributed by atoms with van der Waals surface area (Å²) in [7, 11) is -8.92. The molecule has 1 fully saturated rings. The van der Waals surface area contributed by atoms with Crippen molar-refractivity contribution in [2.75, 3.05) is 17.9 Å². The van der Waals surface area contributed by atoms with Gasteiger partial charge >= 0.3 is 13.3 Å². The molecule has 0 saturated carbocycles. The maximum atomic E-state index is 15.7. The molecular weight excluding hydrogens is 422 g/mol. The van der Waals surface area contributed by atoms with Crippen molar-refractivity contribution in [1.29, 1.82) is 0 Å². The minimum atomic E-state index is -4.78. The normalized spacial score (nSPS) is 26.1. The molecule has 2 heterocycles. The number of hydrogen-bond acceptors (Lipinski definition) is 7. The molecule has 0 aromatic carbocycles. The van der Waals surface area contributed by atoms with Gasteiger partial charge in [0.1, 0.15) is 12.7 Å². The predicted molar refractivity (Wildman–Crippen MR) is 95.5 cm³/mol. The SMILES string of the molecule is CC(C)O[C@@H]1C(CCS(=O)(=O)CP(=O)(O)O)OC[C@]1(F)n1ccc(=O)[nH]c1=O. The number of H-pyrrole nitrogens is 1. The molecule has 28 heavy (non-hydrogen) atoms. The van der Waals surface area contributed by atoms with E-state index in [1.807, 2.05) is 4.98 Å². The summed E-state index contributed by atoms with van der Waals surface area (Å²) < 4.78 is 61.9. The van der Waals surface area contributed by atoms with Crippen molar-refractivity contribution in [1.82, 2.24) is 9.55 Å². The number of sulfone groups is 1. The summed E-state index contributed by atoms with van der Waals surface area (Å²) in [5.74, 6) is -3.18. The molecule has 0 radical (unpaired) electrons. The summed E-state index contributed by atoms with van der Waals surface area (Å²) in [4.78, 5) is 42.9. The number of ether oxygens (including phenoxy) is 2. The summed E-state index contributed by atoms with van der Waals surface area (Å²) >= 11 is 0. The minimum Gasteiger partial charge on any atom is -0.370 e. The van der Waals surface area contributed by atoms with Crippen molar-refractivity contribution in [2.24, 2.45) is 0 Å². The van der Waals surface area contributed by atoms with Gasteiger partial charge in [-0.3, -0.25) is 18.9 Å². The first kappa shape index (κ1) is 22.9. The second-order valence-corrected chi connectivity index (χ2v) is 11.0. The number of alkyl halides is 1. The molecule has 1 aliphatic heterocycles. The Bertz CT molecular complexity index is 970. The highest BCUT2D eigenvalue weighted by atomic mass is 32.2. The zero-order chi connectivity index (χ0) is 21.3. The molecule has 160 valence electrons. The Kier molecular flexibility index (Phi) is 6.68. The van der Waals surface area contributed by atoms with Gasteiger partial charge in [0, 0.05) is 12.3 Å². The lowest BCUT2D eigenvalue weighted by molar-refractivity contribution is -0.111. The third-order valence-electron chi connectivity index (χ3n) is 3.99. The Morgan fingerprint density at radius 3 is 2.64 bits per heavy atom. The van der Waals surface area contributed by atoms with Crippen molar-refractivity contribution >= 4 is 17.4 Å². The Morgan fingerprint density at radius 2 is 2.11 bits per heavy atom.